The van der Waals surface area contributed by atoms with Crippen LogP contribution in [0.3, 0.4) is 0 Å². The molecule has 0 saturated heterocycles. The predicted molar refractivity (Wildman–Crippen MR) is 119 cm³/mol. The summed E-state index contributed by atoms with van der Waals surface area (Å²) in [5.74, 6) is -0.764. The summed E-state index contributed by atoms with van der Waals surface area (Å²) in [4.78, 5) is 19.3. The Bertz CT molecular complexity index is 1230. The molecule has 0 fully saturated rings. The lowest BCUT2D eigenvalue weighted by atomic mass is 10.2. The van der Waals surface area contributed by atoms with Crippen LogP contribution in [0.15, 0.2) is 36.7 Å². The van der Waals surface area contributed by atoms with Crippen LogP contribution in [0.2, 0.25) is 5.02 Å². The van der Waals surface area contributed by atoms with E-state index in [1.165, 1.54) is 17.5 Å². The van der Waals surface area contributed by atoms with Crippen LogP contribution in [-0.4, -0.2) is 41.9 Å². The molecule has 1 N–H and O–H groups in total. The Labute approximate surface area is 188 Å². The van der Waals surface area contributed by atoms with E-state index in [2.05, 4.69) is 10.1 Å². The first-order chi connectivity index (χ1) is 14.6. The largest absolute Gasteiger partial charge is 0.342 e. The molecule has 31 heavy (non-hydrogen) atoms. The van der Waals surface area contributed by atoms with E-state index in [1.54, 1.807) is 29.9 Å². The van der Waals surface area contributed by atoms with Crippen molar-refractivity contribution in [2.24, 2.45) is 0 Å². The average Bonchev–Trinajstić information content (AvgIpc) is 3.31. The smallest absolute Gasteiger partial charge is 0.284 e. The molecule has 0 aliphatic carbocycles. The number of nitrogens with zero attached hydrogens (tertiary/aromatic N) is 5. The Morgan fingerprint density at radius 3 is 2.68 bits per heavy atom. The summed E-state index contributed by atoms with van der Waals surface area (Å²) in [7, 11) is -3.70. The normalized spacial score (nSPS) is 11.2. The van der Waals surface area contributed by atoms with Crippen LogP contribution in [0.25, 0.3) is 0 Å². The summed E-state index contributed by atoms with van der Waals surface area (Å²) in [6.45, 7) is 3.18. The van der Waals surface area contributed by atoms with E-state index in [1.807, 2.05) is 27.8 Å². The van der Waals surface area contributed by atoms with Crippen LogP contribution in [0, 0.1) is 18.3 Å². The van der Waals surface area contributed by atoms with Crippen LogP contribution >= 0.6 is 22.9 Å². The molecule has 0 aliphatic heterocycles. The lowest BCUT2D eigenvalue weighted by Crippen LogP contribution is -2.30. The van der Waals surface area contributed by atoms with Crippen LogP contribution in [-0.2, 0) is 23.1 Å². The molecule has 3 rings (SSSR count). The third kappa shape index (κ3) is 6.27. The summed E-state index contributed by atoms with van der Waals surface area (Å²) in [5.41, 5.74) is 1.52. The molecule has 0 spiro atoms. The van der Waals surface area contributed by atoms with E-state index >= 15 is 0 Å². The fraction of sp³-hybridized carbons (Fsp3) is 0.263. The highest BCUT2D eigenvalue weighted by atomic mass is 35.5. The maximum absolute atomic E-state index is 12.3. The molecule has 12 heteroatoms. The fourth-order valence-corrected chi connectivity index (χ4v) is 4.25. The Balaban J connectivity index is 1.86. The first-order valence-corrected chi connectivity index (χ1v) is 12.1. The summed E-state index contributed by atoms with van der Waals surface area (Å²) >= 11 is 7.27. The molecule has 0 unspecified atom stereocenters. The molecule has 2 aromatic heterocycles. The average molecular weight is 479 g/mol. The number of nitrogens with one attached hydrogen (secondary N) is 1. The molecule has 2 heterocycles. The van der Waals surface area contributed by atoms with Crippen molar-refractivity contribution in [1.29, 1.82) is 5.26 Å². The Morgan fingerprint density at radius 1 is 1.35 bits per heavy atom. The molecule has 0 saturated carbocycles. The monoisotopic (exact) mass is 478 g/mol. The zero-order valence-electron chi connectivity index (χ0n) is 16.7. The lowest BCUT2D eigenvalue weighted by Gasteiger charge is -2.22. The van der Waals surface area contributed by atoms with Gasteiger partial charge < -0.3 is 4.90 Å². The summed E-state index contributed by atoms with van der Waals surface area (Å²) < 4.78 is 26.4. The third-order valence-electron chi connectivity index (χ3n) is 4.20. The Hall–Kier alpha value is -2.94. The molecule has 1 aromatic carbocycles. The van der Waals surface area contributed by atoms with Crippen molar-refractivity contribution >= 4 is 44.0 Å². The van der Waals surface area contributed by atoms with Crippen molar-refractivity contribution in [2.75, 3.05) is 17.7 Å². The van der Waals surface area contributed by atoms with Gasteiger partial charge in [-0.1, -0.05) is 23.7 Å². The molecule has 162 valence electrons. The Morgan fingerprint density at radius 2 is 2.06 bits per heavy atom. The zero-order valence-corrected chi connectivity index (χ0v) is 19.1. The second kappa shape index (κ2) is 9.47. The number of nitriles is 1. The van der Waals surface area contributed by atoms with Gasteiger partial charge in [0.05, 0.1) is 24.6 Å². The second-order valence-corrected chi connectivity index (χ2v) is 10.1. The van der Waals surface area contributed by atoms with Gasteiger partial charge in [-0.05, 0) is 24.6 Å². The first-order valence-electron chi connectivity index (χ1n) is 9.06. The predicted octanol–water partition coefficient (Wildman–Crippen LogP) is 2.57. The number of aryl methyl sites for hydroxylation is 1. The number of aromatic nitrogens is 3. The first kappa shape index (κ1) is 22.7. The molecular formula is C19H19ClN6O3S2. The van der Waals surface area contributed by atoms with Gasteiger partial charge in [0.1, 0.15) is 11.8 Å². The van der Waals surface area contributed by atoms with Crippen LogP contribution in [0.5, 0.6) is 0 Å². The summed E-state index contributed by atoms with van der Waals surface area (Å²) in [6, 6.07) is 9.42. The van der Waals surface area contributed by atoms with Gasteiger partial charge in [0, 0.05) is 29.2 Å². The summed E-state index contributed by atoms with van der Waals surface area (Å²) in [5, 5.41) is 14.3. The maximum Gasteiger partial charge on any atom is 0.284 e. The lowest BCUT2D eigenvalue weighted by molar-refractivity contribution is 0.0977. The molecule has 9 nitrogen and oxygen atoms in total. The minimum absolute atomic E-state index is 0.0670. The van der Waals surface area contributed by atoms with Crippen molar-refractivity contribution in [3.63, 3.8) is 0 Å². The van der Waals surface area contributed by atoms with Gasteiger partial charge in [0.15, 0.2) is 5.13 Å². The van der Waals surface area contributed by atoms with E-state index in [-0.39, 0.29) is 5.69 Å². The number of rotatable bonds is 8. The number of hydrogen-bond donors (Lipinski definition) is 1. The van der Waals surface area contributed by atoms with Gasteiger partial charge in [-0.3, -0.25) is 9.48 Å². The highest BCUT2D eigenvalue weighted by Gasteiger charge is 2.21. The minimum Gasteiger partial charge on any atom is -0.342 e. The van der Waals surface area contributed by atoms with E-state index in [9.17, 15) is 13.2 Å². The second-order valence-electron chi connectivity index (χ2n) is 6.76. The number of carbonyl (C=O) groups excluding carboxylic acids is 1. The van der Waals surface area contributed by atoms with Gasteiger partial charge in [0.25, 0.3) is 5.91 Å². The van der Waals surface area contributed by atoms with Crippen molar-refractivity contribution in [3.05, 3.63) is 63.4 Å². The molecule has 0 atom stereocenters. The summed E-state index contributed by atoms with van der Waals surface area (Å²) in [6.07, 6.45) is 4.06. The Kier molecular flexibility index (Phi) is 6.94. The SMILES string of the molecule is Cc1sc(N(CCn2cc(C#N)cn2)Cc2ccc(Cl)cc2)nc1C(=O)NS(C)(=O)=O. The number of halogens is 1. The quantitative estimate of drug-likeness (QED) is 0.528. The molecule has 0 radical (unpaired) electrons. The van der Waals surface area contributed by atoms with Gasteiger partial charge in [-0.15, -0.1) is 11.3 Å². The molecule has 3 aromatic rings. The van der Waals surface area contributed by atoms with Crippen molar-refractivity contribution in [1.82, 2.24) is 19.5 Å². The number of carbonyl (C=O) groups is 1. The third-order valence-corrected chi connectivity index (χ3v) is 6.04. The number of hydrogen-bond acceptors (Lipinski definition) is 8. The molecule has 0 aliphatic rings. The number of benzene rings is 1. The number of anilines is 1. The zero-order chi connectivity index (χ0) is 22.6. The van der Waals surface area contributed by atoms with E-state index in [4.69, 9.17) is 16.9 Å². The topological polar surface area (TPSA) is 121 Å². The van der Waals surface area contributed by atoms with Crippen LogP contribution in [0.4, 0.5) is 5.13 Å². The number of thiazole rings is 1. The van der Waals surface area contributed by atoms with Crippen molar-refractivity contribution in [3.8, 4) is 6.07 Å². The molecular weight excluding hydrogens is 460 g/mol. The highest BCUT2D eigenvalue weighted by Crippen LogP contribution is 2.27. The van der Waals surface area contributed by atoms with Gasteiger partial charge in [-0.25, -0.2) is 18.1 Å². The van der Waals surface area contributed by atoms with Gasteiger partial charge in [0.2, 0.25) is 10.0 Å². The number of sulfonamides is 1. The maximum atomic E-state index is 12.3. The number of amides is 1. The fourth-order valence-electron chi connectivity index (χ4n) is 2.76. The standard InChI is InChI=1S/C19H19ClN6O3S2/c1-13-17(18(27)24-31(2,28)29)23-19(30-13)25(11-14-3-5-16(20)6-4-14)7-8-26-12-15(9-21)10-22-26/h3-6,10,12H,7-8,11H2,1-2H3,(H,24,27). The van der Waals surface area contributed by atoms with E-state index in [0.717, 1.165) is 11.8 Å². The molecule has 0 bridgehead atoms. The molecule has 1 amide bonds. The highest BCUT2D eigenvalue weighted by molar-refractivity contribution is 7.89. The van der Waals surface area contributed by atoms with Crippen LogP contribution in [0.1, 0.15) is 26.5 Å². The van der Waals surface area contributed by atoms with Crippen molar-refractivity contribution in [2.45, 2.75) is 20.0 Å². The van der Waals surface area contributed by atoms with Crippen molar-refractivity contribution < 1.29 is 13.2 Å². The van der Waals surface area contributed by atoms with Gasteiger partial charge in [-0.2, -0.15) is 10.4 Å². The van der Waals surface area contributed by atoms with E-state index in [0.29, 0.717) is 40.2 Å². The minimum atomic E-state index is -3.70. The van der Waals surface area contributed by atoms with Crippen LogP contribution < -0.4 is 9.62 Å². The van der Waals surface area contributed by atoms with E-state index < -0.39 is 15.9 Å². The van der Waals surface area contributed by atoms with Gasteiger partial charge >= 0.3 is 0 Å².